The van der Waals surface area contributed by atoms with Crippen LogP contribution < -0.4 is 5.32 Å². The SMILES string of the molecule is O=C(CC1CCCC1)NCc1ccccc1F. The van der Waals surface area contributed by atoms with Crippen LogP contribution in [0.3, 0.4) is 0 Å². The van der Waals surface area contributed by atoms with Gasteiger partial charge in [0.05, 0.1) is 0 Å². The molecular weight excluding hydrogens is 217 g/mol. The van der Waals surface area contributed by atoms with Crippen molar-refractivity contribution in [2.24, 2.45) is 5.92 Å². The maximum atomic E-state index is 13.3. The molecule has 92 valence electrons. The molecule has 0 aromatic heterocycles. The molecule has 2 rings (SSSR count). The van der Waals surface area contributed by atoms with Crippen LogP contribution in [0.5, 0.6) is 0 Å². The number of hydrogen-bond acceptors (Lipinski definition) is 1. The summed E-state index contributed by atoms with van der Waals surface area (Å²) in [6.45, 7) is 0.290. The number of nitrogens with one attached hydrogen (secondary N) is 1. The zero-order valence-electron chi connectivity index (χ0n) is 9.92. The molecule has 1 amide bonds. The van der Waals surface area contributed by atoms with E-state index in [0.29, 0.717) is 17.9 Å². The molecule has 0 atom stereocenters. The van der Waals surface area contributed by atoms with Crippen LogP contribution in [-0.4, -0.2) is 5.91 Å². The van der Waals surface area contributed by atoms with Crippen molar-refractivity contribution in [2.75, 3.05) is 0 Å². The smallest absolute Gasteiger partial charge is 0.220 e. The second-order valence-corrected chi connectivity index (χ2v) is 4.72. The molecule has 1 aromatic carbocycles. The van der Waals surface area contributed by atoms with Crippen LogP contribution in [0.15, 0.2) is 24.3 Å². The molecule has 1 N–H and O–H groups in total. The highest BCUT2D eigenvalue weighted by Crippen LogP contribution is 2.27. The summed E-state index contributed by atoms with van der Waals surface area (Å²) in [6, 6.07) is 6.55. The first-order chi connectivity index (χ1) is 8.25. The first kappa shape index (κ1) is 12.1. The summed E-state index contributed by atoms with van der Waals surface area (Å²) >= 11 is 0. The maximum Gasteiger partial charge on any atom is 0.220 e. The van der Waals surface area contributed by atoms with Gasteiger partial charge in [-0.05, 0) is 24.8 Å². The topological polar surface area (TPSA) is 29.1 Å². The predicted octanol–water partition coefficient (Wildman–Crippen LogP) is 3.02. The number of carbonyl (C=O) groups excluding carboxylic acids is 1. The van der Waals surface area contributed by atoms with Crippen LogP contribution in [0.4, 0.5) is 4.39 Å². The van der Waals surface area contributed by atoms with Crippen molar-refractivity contribution in [3.63, 3.8) is 0 Å². The van der Waals surface area contributed by atoms with Crippen molar-refractivity contribution < 1.29 is 9.18 Å². The van der Waals surface area contributed by atoms with E-state index in [1.807, 2.05) is 0 Å². The fraction of sp³-hybridized carbons (Fsp3) is 0.500. The molecule has 0 radical (unpaired) electrons. The molecule has 0 saturated heterocycles. The Labute approximate surface area is 101 Å². The quantitative estimate of drug-likeness (QED) is 0.854. The molecule has 1 aliphatic carbocycles. The Kier molecular flexibility index (Phi) is 4.13. The van der Waals surface area contributed by atoms with Gasteiger partial charge < -0.3 is 5.32 Å². The van der Waals surface area contributed by atoms with Crippen molar-refractivity contribution in [3.8, 4) is 0 Å². The van der Waals surface area contributed by atoms with Gasteiger partial charge in [0.1, 0.15) is 5.82 Å². The summed E-state index contributed by atoms with van der Waals surface area (Å²) in [5, 5.41) is 2.79. The number of carbonyl (C=O) groups is 1. The number of amides is 1. The van der Waals surface area contributed by atoms with Gasteiger partial charge in [-0.1, -0.05) is 31.0 Å². The molecule has 1 saturated carbocycles. The number of halogens is 1. The summed E-state index contributed by atoms with van der Waals surface area (Å²) in [7, 11) is 0. The van der Waals surface area contributed by atoms with Crippen LogP contribution in [0.25, 0.3) is 0 Å². The third-order valence-corrected chi connectivity index (χ3v) is 3.38. The minimum absolute atomic E-state index is 0.0418. The monoisotopic (exact) mass is 235 g/mol. The van der Waals surface area contributed by atoms with Gasteiger partial charge in [0.2, 0.25) is 5.91 Å². The number of hydrogen-bond donors (Lipinski definition) is 1. The lowest BCUT2D eigenvalue weighted by atomic mass is 10.0. The minimum Gasteiger partial charge on any atom is -0.352 e. The third-order valence-electron chi connectivity index (χ3n) is 3.38. The lowest BCUT2D eigenvalue weighted by molar-refractivity contribution is -0.122. The molecule has 1 fully saturated rings. The van der Waals surface area contributed by atoms with Crippen LogP contribution in [-0.2, 0) is 11.3 Å². The first-order valence-electron chi connectivity index (χ1n) is 6.26. The Morgan fingerprint density at radius 1 is 1.29 bits per heavy atom. The van der Waals surface area contributed by atoms with Crippen LogP contribution in [0, 0.1) is 11.7 Å². The highest BCUT2D eigenvalue weighted by molar-refractivity contribution is 5.76. The van der Waals surface area contributed by atoms with Gasteiger partial charge in [0, 0.05) is 18.5 Å². The molecular formula is C14H18FNO. The van der Waals surface area contributed by atoms with E-state index in [-0.39, 0.29) is 18.3 Å². The van der Waals surface area contributed by atoms with E-state index in [9.17, 15) is 9.18 Å². The van der Waals surface area contributed by atoms with E-state index in [4.69, 9.17) is 0 Å². The Balaban J connectivity index is 1.77. The zero-order chi connectivity index (χ0) is 12.1. The van der Waals surface area contributed by atoms with Crippen LogP contribution >= 0.6 is 0 Å². The normalized spacial score (nSPS) is 16.1. The standard InChI is InChI=1S/C14H18FNO/c15-13-8-4-3-7-12(13)10-16-14(17)9-11-5-1-2-6-11/h3-4,7-8,11H,1-2,5-6,9-10H2,(H,16,17). The van der Waals surface area contributed by atoms with Gasteiger partial charge >= 0.3 is 0 Å². The Hall–Kier alpha value is -1.38. The zero-order valence-corrected chi connectivity index (χ0v) is 9.92. The molecule has 2 nitrogen and oxygen atoms in total. The summed E-state index contributed by atoms with van der Waals surface area (Å²) < 4.78 is 13.3. The summed E-state index contributed by atoms with van der Waals surface area (Å²) in [4.78, 5) is 11.7. The largest absolute Gasteiger partial charge is 0.352 e. The van der Waals surface area contributed by atoms with E-state index in [2.05, 4.69) is 5.32 Å². The van der Waals surface area contributed by atoms with E-state index in [1.165, 1.54) is 18.9 Å². The number of benzene rings is 1. The van der Waals surface area contributed by atoms with E-state index in [0.717, 1.165) is 12.8 Å². The highest BCUT2D eigenvalue weighted by atomic mass is 19.1. The van der Waals surface area contributed by atoms with Gasteiger partial charge in [-0.3, -0.25) is 4.79 Å². The van der Waals surface area contributed by atoms with E-state index in [1.54, 1.807) is 18.2 Å². The van der Waals surface area contributed by atoms with Gasteiger partial charge in [0.25, 0.3) is 0 Å². The molecule has 0 unspecified atom stereocenters. The Bertz CT molecular complexity index is 386. The second kappa shape index (κ2) is 5.80. The average Bonchev–Trinajstić information content (AvgIpc) is 2.81. The summed E-state index contributed by atoms with van der Waals surface area (Å²) in [6.07, 6.45) is 5.39. The van der Waals surface area contributed by atoms with Gasteiger partial charge in [-0.15, -0.1) is 0 Å². The summed E-state index contributed by atoms with van der Waals surface area (Å²) in [5.41, 5.74) is 0.548. The lowest BCUT2D eigenvalue weighted by Crippen LogP contribution is -2.24. The third kappa shape index (κ3) is 3.55. The first-order valence-corrected chi connectivity index (χ1v) is 6.26. The maximum absolute atomic E-state index is 13.3. The van der Waals surface area contributed by atoms with Crippen LogP contribution in [0.2, 0.25) is 0 Å². The van der Waals surface area contributed by atoms with E-state index >= 15 is 0 Å². The Morgan fingerprint density at radius 3 is 2.71 bits per heavy atom. The minimum atomic E-state index is -0.256. The van der Waals surface area contributed by atoms with Crippen LogP contribution in [0.1, 0.15) is 37.7 Å². The molecule has 0 bridgehead atoms. The molecule has 3 heteroatoms. The van der Waals surface area contributed by atoms with Crippen molar-refractivity contribution in [1.29, 1.82) is 0 Å². The fourth-order valence-electron chi connectivity index (χ4n) is 2.38. The Morgan fingerprint density at radius 2 is 2.00 bits per heavy atom. The second-order valence-electron chi connectivity index (χ2n) is 4.72. The molecule has 0 aliphatic heterocycles. The van der Waals surface area contributed by atoms with Crippen molar-refractivity contribution in [1.82, 2.24) is 5.32 Å². The molecule has 17 heavy (non-hydrogen) atoms. The fourth-order valence-corrected chi connectivity index (χ4v) is 2.38. The molecule has 1 aromatic rings. The van der Waals surface area contributed by atoms with Crippen molar-refractivity contribution >= 4 is 5.91 Å². The van der Waals surface area contributed by atoms with Gasteiger partial charge in [-0.2, -0.15) is 0 Å². The molecule has 0 spiro atoms. The van der Waals surface area contributed by atoms with Crippen molar-refractivity contribution in [2.45, 2.75) is 38.6 Å². The van der Waals surface area contributed by atoms with E-state index < -0.39 is 0 Å². The van der Waals surface area contributed by atoms with Gasteiger partial charge in [-0.25, -0.2) is 4.39 Å². The predicted molar refractivity (Wildman–Crippen MR) is 64.8 cm³/mol. The lowest BCUT2D eigenvalue weighted by Gasteiger charge is -2.09. The van der Waals surface area contributed by atoms with Gasteiger partial charge in [0.15, 0.2) is 0 Å². The molecule has 0 heterocycles. The molecule has 1 aliphatic rings. The number of rotatable bonds is 4. The average molecular weight is 235 g/mol. The summed E-state index contributed by atoms with van der Waals surface area (Å²) in [5.74, 6) is 0.324. The highest BCUT2D eigenvalue weighted by Gasteiger charge is 2.18. The van der Waals surface area contributed by atoms with Crippen molar-refractivity contribution in [3.05, 3.63) is 35.6 Å².